The molecule has 0 atom stereocenters. The molecule has 1 N–H and O–H groups in total. The van der Waals surface area contributed by atoms with E-state index in [9.17, 15) is 13.6 Å². The molecule has 4 nitrogen and oxygen atoms in total. The Balaban J connectivity index is 3.21. The van der Waals surface area contributed by atoms with Crippen LogP contribution >= 0.6 is 0 Å². The number of halogens is 2. The smallest absolute Gasteiger partial charge is 0.354 e. The summed E-state index contributed by atoms with van der Waals surface area (Å²) in [7, 11) is 0. The van der Waals surface area contributed by atoms with Crippen molar-refractivity contribution in [3.8, 4) is 0 Å². The quantitative estimate of drug-likeness (QED) is 0.738. The highest BCUT2D eigenvalue weighted by atomic mass is 19.3. The van der Waals surface area contributed by atoms with Crippen molar-refractivity contribution in [2.24, 2.45) is 0 Å². The van der Waals surface area contributed by atoms with Crippen LogP contribution in [0.2, 0.25) is 0 Å². The van der Waals surface area contributed by atoms with Gasteiger partial charge in [0.2, 0.25) is 0 Å². The molecule has 1 heterocycles. The van der Waals surface area contributed by atoms with E-state index in [0.717, 1.165) is 6.20 Å². The zero-order chi connectivity index (χ0) is 9.30. The molecule has 1 aromatic heterocycles. The van der Waals surface area contributed by atoms with Crippen LogP contribution in [0.25, 0.3) is 0 Å². The molecular weight excluding hydrogens is 170 g/mol. The van der Waals surface area contributed by atoms with Crippen molar-refractivity contribution < 1.29 is 18.7 Å². The lowest BCUT2D eigenvalue weighted by Crippen LogP contribution is -2.10. The van der Waals surface area contributed by atoms with Crippen LogP contribution in [0.15, 0.2) is 6.20 Å². The Morgan fingerprint density at radius 2 is 2.33 bits per heavy atom. The van der Waals surface area contributed by atoms with Gasteiger partial charge in [0.15, 0.2) is 5.69 Å². The Morgan fingerprint density at radius 3 is 2.67 bits per heavy atom. The number of carboxylic acid groups (broad SMARTS) is 1. The molecular formula is C6H6F2N2O2. The minimum atomic E-state index is -2.86. The van der Waals surface area contributed by atoms with Gasteiger partial charge in [0.05, 0.1) is 6.20 Å². The van der Waals surface area contributed by atoms with Gasteiger partial charge in [0.1, 0.15) is 5.82 Å². The van der Waals surface area contributed by atoms with Gasteiger partial charge in [-0.25, -0.2) is 9.78 Å². The van der Waals surface area contributed by atoms with E-state index in [0.29, 0.717) is 4.57 Å². The molecule has 6 heteroatoms. The number of aromatic nitrogens is 2. The average Bonchev–Trinajstić information content (AvgIpc) is 2.30. The molecule has 0 aliphatic rings. The molecule has 1 aromatic rings. The highest BCUT2D eigenvalue weighted by Gasteiger charge is 2.19. The van der Waals surface area contributed by atoms with Crippen LogP contribution in [0.1, 0.15) is 22.9 Å². The number of hydrogen-bond acceptors (Lipinski definition) is 2. The molecule has 0 radical (unpaired) electrons. The van der Waals surface area contributed by atoms with Crippen molar-refractivity contribution in [3.63, 3.8) is 0 Å². The summed E-state index contributed by atoms with van der Waals surface area (Å²) in [5.74, 6) is -1.42. The molecule has 0 fully saturated rings. The summed E-state index contributed by atoms with van der Waals surface area (Å²) in [6.07, 6.45) is 0.907. The van der Waals surface area contributed by atoms with Gasteiger partial charge >= 0.3 is 12.5 Å². The van der Waals surface area contributed by atoms with Gasteiger partial charge in [0, 0.05) is 0 Å². The van der Waals surface area contributed by atoms with Crippen LogP contribution in [0, 0.1) is 6.92 Å². The van der Waals surface area contributed by atoms with Gasteiger partial charge in [-0.05, 0) is 6.92 Å². The molecule has 0 bridgehead atoms. The molecule has 66 valence electrons. The number of hydrogen-bond donors (Lipinski definition) is 1. The minimum absolute atomic E-state index is 0.0117. The summed E-state index contributed by atoms with van der Waals surface area (Å²) < 4.78 is 24.6. The molecule has 0 unspecified atom stereocenters. The van der Waals surface area contributed by atoms with Crippen molar-refractivity contribution in [2.45, 2.75) is 13.5 Å². The van der Waals surface area contributed by atoms with E-state index in [1.807, 2.05) is 0 Å². The van der Waals surface area contributed by atoms with Crippen molar-refractivity contribution in [1.29, 1.82) is 0 Å². The summed E-state index contributed by atoms with van der Waals surface area (Å²) in [5.41, 5.74) is -0.498. The zero-order valence-electron chi connectivity index (χ0n) is 6.16. The minimum Gasteiger partial charge on any atom is -0.477 e. The standard InChI is InChI=1S/C6H6F2N2O2/c1-3-9-2-4(5(11)12)10(3)6(7)8/h2,6H,1H3,(H,11,12). The van der Waals surface area contributed by atoms with E-state index in [2.05, 4.69) is 4.98 Å². The second-order valence-corrected chi connectivity index (χ2v) is 2.14. The summed E-state index contributed by atoms with van der Waals surface area (Å²) in [4.78, 5) is 13.8. The maximum absolute atomic E-state index is 12.1. The Labute approximate surface area is 66.5 Å². The number of carbonyl (C=O) groups is 1. The third-order valence-electron chi connectivity index (χ3n) is 1.40. The van der Waals surface area contributed by atoms with E-state index in [1.54, 1.807) is 0 Å². The number of nitrogens with zero attached hydrogens (tertiary/aromatic N) is 2. The van der Waals surface area contributed by atoms with E-state index in [-0.39, 0.29) is 5.82 Å². The maximum atomic E-state index is 12.1. The van der Waals surface area contributed by atoms with E-state index < -0.39 is 18.2 Å². The van der Waals surface area contributed by atoms with Crippen LogP contribution in [-0.2, 0) is 0 Å². The van der Waals surface area contributed by atoms with Gasteiger partial charge in [0.25, 0.3) is 0 Å². The molecule has 0 aliphatic heterocycles. The normalized spacial score (nSPS) is 10.7. The lowest BCUT2D eigenvalue weighted by molar-refractivity contribution is 0.0514. The van der Waals surface area contributed by atoms with Crippen molar-refractivity contribution in [2.75, 3.05) is 0 Å². The third-order valence-corrected chi connectivity index (χ3v) is 1.40. The van der Waals surface area contributed by atoms with E-state index >= 15 is 0 Å². The van der Waals surface area contributed by atoms with Crippen molar-refractivity contribution in [1.82, 2.24) is 9.55 Å². The molecule has 0 amide bonds. The molecule has 0 aromatic carbocycles. The van der Waals surface area contributed by atoms with Crippen molar-refractivity contribution >= 4 is 5.97 Å². The molecule has 0 aliphatic carbocycles. The number of alkyl halides is 2. The molecule has 1 rings (SSSR count). The number of carboxylic acids is 1. The lowest BCUT2D eigenvalue weighted by Gasteiger charge is -2.04. The van der Waals surface area contributed by atoms with Crippen LogP contribution in [0.5, 0.6) is 0 Å². The van der Waals surface area contributed by atoms with Crippen molar-refractivity contribution in [3.05, 3.63) is 17.7 Å². The highest BCUT2D eigenvalue weighted by molar-refractivity contribution is 5.85. The number of rotatable bonds is 2. The largest absolute Gasteiger partial charge is 0.477 e. The summed E-state index contributed by atoms with van der Waals surface area (Å²) in [5, 5.41) is 8.43. The van der Waals surface area contributed by atoms with Gasteiger partial charge in [-0.3, -0.25) is 4.57 Å². The van der Waals surface area contributed by atoms with Crippen LogP contribution < -0.4 is 0 Å². The molecule has 0 saturated carbocycles. The Kier molecular flexibility index (Phi) is 2.07. The number of aryl methyl sites for hydroxylation is 1. The molecule has 12 heavy (non-hydrogen) atoms. The summed E-state index contributed by atoms with van der Waals surface area (Å²) in [6, 6.07) is 0. The Morgan fingerprint density at radius 1 is 1.75 bits per heavy atom. The van der Waals surface area contributed by atoms with E-state index in [4.69, 9.17) is 5.11 Å². The summed E-state index contributed by atoms with van der Waals surface area (Å²) >= 11 is 0. The second kappa shape index (κ2) is 2.88. The first kappa shape index (κ1) is 8.63. The first-order chi connectivity index (χ1) is 5.54. The summed E-state index contributed by atoms with van der Waals surface area (Å²) in [6.45, 7) is -1.54. The fourth-order valence-corrected chi connectivity index (χ4v) is 0.858. The fourth-order valence-electron chi connectivity index (χ4n) is 0.858. The van der Waals surface area contributed by atoms with E-state index in [1.165, 1.54) is 6.92 Å². The first-order valence-electron chi connectivity index (χ1n) is 3.09. The van der Waals surface area contributed by atoms with Crippen LogP contribution in [-0.4, -0.2) is 20.6 Å². The highest BCUT2D eigenvalue weighted by Crippen LogP contribution is 2.16. The molecule has 0 saturated heterocycles. The first-order valence-corrected chi connectivity index (χ1v) is 3.09. The van der Waals surface area contributed by atoms with Crippen LogP contribution in [0.4, 0.5) is 8.78 Å². The van der Waals surface area contributed by atoms with Gasteiger partial charge in [-0.1, -0.05) is 0 Å². The monoisotopic (exact) mass is 176 g/mol. The van der Waals surface area contributed by atoms with Gasteiger partial charge in [-0.15, -0.1) is 0 Å². The van der Waals surface area contributed by atoms with Gasteiger partial charge in [-0.2, -0.15) is 8.78 Å². The lowest BCUT2D eigenvalue weighted by atomic mass is 10.5. The Bertz CT molecular complexity index is 308. The zero-order valence-corrected chi connectivity index (χ0v) is 6.16. The second-order valence-electron chi connectivity index (χ2n) is 2.14. The predicted molar refractivity (Wildman–Crippen MR) is 35.2 cm³/mol. The Hall–Kier alpha value is -1.46. The maximum Gasteiger partial charge on any atom is 0.354 e. The topological polar surface area (TPSA) is 55.1 Å². The number of aromatic carboxylic acids is 1. The van der Waals surface area contributed by atoms with Crippen LogP contribution in [0.3, 0.4) is 0 Å². The van der Waals surface area contributed by atoms with Gasteiger partial charge < -0.3 is 5.11 Å². The predicted octanol–water partition coefficient (Wildman–Crippen LogP) is 1.28. The fraction of sp³-hybridized carbons (Fsp3) is 0.333. The number of imidazole rings is 1. The third kappa shape index (κ3) is 1.27. The average molecular weight is 176 g/mol. The molecule has 0 spiro atoms. The SMILES string of the molecule is Cc1ncc(C(=O)O)n1C(F)F.